The van der Waals surface area contributed by atoms with E-state index in [1.165, 1.54) is 0 Å². The van der Waals surface area contributed by atoms with Gasteiger partial charge in [0.15, 0.2) is 11.5 Å². The van der Waals surface area contributed by atoms with E-state index in [2.05, 4.69) is 16.4 Å². The van der Waals surface area contributed by atoms with Crippen LogP contribution in [0.2, 0.25) is 0 Å². The lowest BCUT2D eigenvalue weighted by Crippen LogP contribution is -2.01. The van der Waals surface area contributed by atoms with Crippen LogP contribution in [0.25, 0.3) is 0 Å². The van der Waals surface area contributed by atoms with Gasteiger partial charge in [0, 0.05) is 5.56 Å². The van der Waals surface area contributed by atoms with Gasteiger partial charge in [-0.1, -0.05) is 30.2 Å². The maximum absolute atomic E-state index is 5.53. The zero-order chi connectivity index (χ0) is 14.9. The summed E-state index contributed by atoms with van der Waals surface area (Å²) in [5.74, 6) is 3.64. The molecule has 0 atom stereocenters. The fourth-order valence-electron chi connectivity index (χ4n) is 1.75. The molecule has 0 unspecified atom stereocenters. The molecule has 0 fully saturated rings. The molecular weight excluding hydrogens is 264 g/mol. The van der Waals surface area contributed by atoms with Gasteiger partial charge in [-0.25, -0.2) is 0 Å². The predicted molar refractivity (Wildman–Crippen MR) is 85.0 cm³/mol. The molecule has 0 bridgehead atoms. The summed E-state index contributed by atoms with van der Waals surface area (Å²) in [6.45, 7) is 0.174. The summed E-state index contributed by atoms with van der Waals surface area (Å²) < 4.78 is 10.8. The molecule has 0 spiro atoms. The lowest BCUT2D eigenvalue weighted by Gasteiger charge is -2.11. The average molecular weight is 280 g/mol. The molecule has 0 aliphatic heterocycles. The smallest absolute Gasteiger partial charge is 0.171 e. The molecule has 2 aromatic carbocycles. The van der Waals surface area contributed by atoms with E-state index in [9.17, 15) is 0 Å². The Morgan fingerprint density at radius 3 is 2.71 bits per heavy atom. The van der Waals surface area contributed by atoms with Crippen LogP contribution in [0.1, 0.15) is 5.56 Å². The van der Waals surface area contributed by atoms with E-state index < -0.39 is 0 Å². The number of nitrogens with zero attached hydrogens (tertiary/aromatic N) is 1. The highest BCUT2D eigenvalue weighted by Crippen LogP contribution is 2.29. The van der Waals surface area contributed by atoms with Crippen LogP contribution in [0, 0.1) is 12.3 Å². The van der Waals surface area contributed by atoms with E-state index >= 15 is 0 Å². The van der Waals surface area contributed by atoms with Crippen molar-refractivity contribution in [3.63, 3.8) is 0 Å². The number of methoxy groups -OCH3 is 1. The van der Waals surface area contributed by atoms with Gasteiger partial charge in [0.2, 0.25) is 0 Å². The molecule has 21 heavy (non-hydrogen) atoms. The molecule has 4 heteroatoms. The molecule has 2 rings (SSSR count). The fraction of sp³-hybridized carbons (Fsp3) is 0.118. The van der Waals surface area contributed by atoms with Crippen LogP contribution in [0.15, 0.2) is 53.6 Å². The number of para-hydroxylation sites is 2. The van der Waals surface area contributed by atoms with Gasteiger partial charge in [-0.3, -0.25) is 5.43 Å². The first-order chi connectivity index (χ1) is 10.3. The number of benzene rings is 2. The number of nitrogens with one attached hydrogen (secondary N) is 1. The van der Waals surface area contributed by atoms with Crippen molar-refractivity contribution in [1.82, 2.24) is 0 Å². The Balaban J connectivity index is 2.17. The second-order valence-corrected chi connectivity index (χ2v) is 4.11. The molecule has 0 amide bonds. The Hall–Kier alpha value is -2.93. The molecule has 0 aliphatic rings. The summed E-state index contributed by atoms with van der Waals surface area (Å²) in [7, 11) is 1.58. The molecule has 0 aromatic heterocycles. The molecule has 0 saturated heterocycles. The predicted octanol–water partition coefficient (Wildman–Crippen LogP) is 3.15. The molecule has 0 saturated carbocycles. The van der Waals surface area contributed by atoms with E-state index in [1.54, 1.807) is 13.3 Å². The van der Waals surface area contributed by atoms with Gasteiger partial charge in [0.05, 0.1) is 19.0 Å². The molecule has 1 N–H and O–H groups in total. The molecule has 0 heterocycles. The zero-order valence-corrected chi connectivity index (χ0v) is 11.7. The summed E-state index contributed by atoms with van der Waals surface area (Å²) in [5.41, 5.74) is 4.64. The second kappa shape index (κ2) is 7.61. The van der Waals surface area contributed by atoms with Crippen molar-refractivity contribution in [2.75, 3.05) is 19.1 Å². The molecule has 4 nitrogen and oxygen atoms in total. The van der Waals surface area contributed by atoms with Crippen LogP contribution in [0.5, 0.6) is 11.5 Å². The van der Waals surface area contributed by atoms with Crippen molar-refractivity contribution >= 4 is 11.9 Å². The first kappa shape index (κ1) is 14.5. The highest BCUT2D eigenvalue weighted by Gasteiger charge is 2.08. The van der Waals surface area contributed by atoms with Crippen molar-refractivity contribution < 1.29 is 9.47 Å². The Kier molecular flexibility index (Phi) is 5.25. The number of rotatable bonds is 6. The summed E-state index contributed by atoms with van der Waals surface area (Å²) >= 11 is 0. The van der Waals surface area contributed by atoms with Crippen LogP contribution in [0.3, 0.4) is 0 Å². The minimum absolute atomic E-state index is 0.174. The van der Waals surface area contributed by atoms with E-state index in [1.807, 2.05) is 48.5 Å². The average Bonchev–Trinajstić information content (AvgIpc) is 2.54. The van der Waals surface area contributed by atoms with Crippen LogP contribution < -0.4 is 14.9 Å². The number of ether oxygens (including phenoxy) is 2. The molecular formula is C17H16N2O2. The quantitative estimate of drug-likeness (QED) is 0.502. The highest BCUT2D eigenvalue weighted by molar-refractivity contribution is 5.85. The topological polar surface area (TPSA) is 42.8 Å². The SMILES string of the molecule is C#CCOc1c(C=NNc2ccccc2)cccc1OC. The van der Waals surface area contributed by atoms with Gasteiger partial charge in [0.25, 0.3) is 0 Å². The fourth-order valence-corrected chi connectivity index (χ4v) is 1.75. The zero-order valence-electron chi connectivity index (χ0n) is 11.7. The van der Waals surface area contributed by atoms with Gasteiger partial charge in [0.1, 0.15) is 6.61 Å². The van der Waals surface area contributed by atoms with Crippen LogP contribution in [-0.2, 0) is 0 Å². The van der Waals surface area contributed by atoms with Gasteiger partial charge >= 0.3 is 0 Å². The first-order valence-electron chi connectivity index (χ1n) is 6.42. The minimum atomic E-state index is 0.174. The van der Waals surface area contributed by atoms with E-state index in [4.69, 9.17) is 15.9 Å². The van der Waals surface area contributed by atoms with E-state index in [0.29, 0.717) is 11.5 Å². The summed E-state index contributed by atoms with van der Waals surface area (Å²) in [6, 6.07) is 15.2. The summed E-state index contributed by atoms with van der Waals surface area (Å²) in [6.07, 6.45) is 6.90. The van der Waals surface area contributed by atoms with Crippen molar-refractivity contribution in [3.05, 3.63) is 54.1 Å². The Labute approximate surface area is 124 Å². The van der Waals surface area contributed by atoms with Gasteiger partial charge < -0.3 is 9.47 Å². The molecule has 0 radical (unpaired) electrons. The van der Waals surface area contributed by atoms with E-state index in [-0.39, 0.29) is 6.61 Å². The van der Waals surface area contributed by atoms with Gasteiger partial charge in [-0.15, -0.1) is 6.42 Å². The Bertz CT molecular complexity index is 646. The molecule has 106 valence electrons. The third kappa shape index (κ3) is 4.02. The number of anilines is 1. The molecule has 0 aliphatic carbocycles. The first-order valence-corrected chi connectivity index (χ1v) is 6.42. The Morgan fingerprint density at radius 2 is 2.00 bits per heavy atom. The normalized spacial score (nSPS) is 10.1. The third-order valence-corrected chi connectivity index (χ3v) is 2.70. The minimum Gasteiger partial charge on any atom is -0.493 e. The van der Waals surface area contributed by atoms with Crippen molar-refractivity contribution in [3.8, 4) is 23.8 Å². The third-order valence-electron chi connectivity index (χ3n) is 2.70. The monoisotopic (exact) mass is 280 g/mol. The molecule has 2 aromatic rings. The summed E-state index contributed by atoms with van der Waals surface area (Å²) in [5, 5.41) is 4.19. The maximum Gasteiger partial charge on any atom is 0.171 e. The maximum atomic E-state index is 5.53. The van der Waals surface area contributed by atoms with Crippen molar-refractivity contribution in [2.24, 2.45) is 5.10 Å². The van der Waals surface area contributed by atoms with Gasteiger partial charge in [-0.2, -0.15) is 5.10 Å². The van der Waals surface area contributed by atoms with E-state index in [0.717, 1.165) is 11.3 Å². The van der Waals surface area contributed by atoms with Crippen molar-refractivity contribution in [1.29, 1.82) is 0 Å². The van der Waals surface area contributed by atoms with Crippen LogP contribution >= 0.6 is 0 Å². The van der Waals surface area contributed by atoms with Crippen LogP contribution in [-0.4, -0.2) is 19.9 Å². The number of hydrazone groups is 1. The lowest BCUT2D eigenvalue weighted by molar-refractivity contribution is 0.330. The van der Waals surface area contributed by atoms with Gasteiger partial charge in [-0.05, 0) is 24.3 Å². The number of hydrogen-bond donors (Lipinski definition) is 1. The summed E-state index contributed by atoms with van der Waals surface area (Å²) in [4.78, 5) is 0. The highest BCUT2D eigenvalue weighted by atomic mass is 16.5. The number of hydrogen-bond acceptors (Lipinski definition) is 4. The second-order valence-electron chi connectivity index (χ2n) is 4.11. The lowest BCUT2D eigenvalue weighted by atomic mass is 10.2. The largest absolute Gasteiger partial charge is 0.493 e. The Morgan fingerprint density at radius 1 is 1.19 bits per heavy atom. The van der Waals surface area contributed by atoms with Crippen molar-refractivity contribution in [2.45, 2.75) is 0 Å². The number of terminal acetylenes is 1. The van der Waals surface area contributed by atoms with Crippen LogP contribution in [0.4, 0.5) is 5.69 Å². The standard InChI is InChI=1S/C17H16N2O2/c1-3-12-21-17-14(8-7-11-16(17)20-2)13-18-19-15-9-5-4-6-10-15/h1,4-11,13,19H,12H2,2H3.